The molecule has 4 heteroatoms. The van der Waals surface area contributed by atoms with Crippen LogP contribution in [0.15, 0.2) is 12.3 Å². The minimum Gasteiger partial charge on any atom is -0.385 e. The Bertz CT molecular complexity index is 291. The van der Waals surface area contributed by atoms with E-state index < -0.39 is 0 Å². The fourth-order valence-electron chi connectivity index (χ4n) is 1.93. The highest BCUT2D eigenvalue weighted by atomic mass is 16.5. The Balaban J connectivity index is 2.34. The largest absolute Gasteiger partial charge is 0.385 e. The van der Waals surface area contributed by atoms with E-state index in [0.29, 0.717) is 6.04 Å². The smallest absolute Gasteiger partial charge is 0.0492 e. The lowest BCUT2D eigenvalue weighted by Crippen LogP contribution is -2.31. The quantitative estimate of drug-likeness (QED) is 0.713. The average Bonchev–Trinajstić information content (AvgIpc) is 2.74. The second kappa shape index (κ2) is 8.25. The normalized spacial score (nSPS) is 12.9. The van der Waals surface area contributed by atoms with E-state index in [1.54, 1.807) is 7.11 Å². The molecule has 1 rings (SSSR count). The van der Waals surface area contributed by atoms with Gasteiger partial charge >= 0.3 is 0 Å². The maximum atomic E-state index is 5.16. The first kappa shape index (κ1) is 14.2. The monoisotopic (exact) mass is 239 g/mol. The summed E-state index contributed by atoms with van der Waals surface area (Å²) in [5.74, 6) is 0. The molecular weight excluding hydrogens is 214 g/mol. The van der Waals surface area contributed by atoms with Crippen molar-refractivity contribution in [1.29, 1.82) is 0 Å². The summed E-state index contributed by atoms with van der Waals surface area (Å²) in [4.78, 5) is 0. The minimum absolute atomic E-state index is 0.546. The van der Waals surface area contributed by atoms with E-state index >= 15 is 0 Å². The topological polar surface area (TPSA) is 39.1 Å². The highest BCUT2D eigenvalue weighted by molar-refractivity contribution is 5.00. The van der Waals surface area contributed by atoms with E-state index in [1.165, 1.54) is 12.1 Å². The molecule has 1 aromatic rings. The maximum Gasteiger partial charge on any atom is 0.0492 e. The molecule has 1 aromatic heterocycles. The van der Waals surface area contributed by atoms with E-state index in [1.807, 2.05) is 17.9 Å². The van der Waals surface area contributed by atoms with Gasteiger partial charge in [0.05, 0.1) is 0 Å². The highest BCUT2D eigenvalue weighted by Gasteiger charge is 2.09. The van der Waals surface area contributed by atoms with Crippen molar-refractivity contribution in [2.45, 2.75) is 38.6 Å². The average molecular weight is 239 g/mol. The van der Waals surface area contributed by atoms with Gasteiger partial charge in [0.15, 0.2) is 0 Å². The van der Waals surface area contributed by atoms with Crippen molar-refractivity contribution in [1.82, 2.24) is 15.1 Å². The van der Waals surface area contributed by atoms with Crippen molar-refractivity contribution in [3.05, 3.63) is 18.0 Å². The summed E-state index contributed by atoms with van der Waals surface area (Å²) in [5.41, 5.74) is 1.30. The molecule has 0 aliphatic carbocycles. The van der Waals surface area contributed by atoms with E-state index in [2.05, 4.69) is 23.4 Å². The fourth-order valence-corrected chi connectivity index (χ4v) is 1.93. The van der Waals surface area contributed by atoms with Crippen molar-refractivity contribution in [3.63, 3.8) is 0 Å². The molecule has 0 saturated carbocycles. The minimum atomic E-state index is 0.546. The molecule has 0 fully saturated rings. The molecule has 4 nitrogen and oxygen atoms in total. The number of hydrogen-bond acceptors (Lipinski definition) is 3. The number of aromatic nitrogens is 2. The third-order valence-corrected chi connectivity index (χ3v) is 3.02. The molecular formula is C13H25N3O. The first-order valence-corrected chi connectivity index (χ1v) is 6.47. The Kier molecular flexibility index (Phi) is 6.89. The molecule has 17 heavy (non-hydrogen) atoms. The van der Waals surface area contributed by atoms with Gasteiger partial charge in [-0.15, -0.1) is 0 Å². The third kappa shape index (κ3) is 5.33. The van der Waals surface area contributed by atoms with E-state index in [-0.39, 0.29) is 0 Å². The number of ether oxygens (including phenoxy) is 1. The van der Waals surface area contributed by atoms with Gasteiger partial charge in [-0.25, -0.2) is 0 Å². The standard InChI is InChI=1S/C13H25N3O/c1-4-9-14-12(8-11-17-3)5-6-13-7-10-15-16(13)2/h7,10,12,14H,4-6,8-9,11H2,1-3H3. The van der Waals surface area contributed by atoms with Crippen LogP contribution in [0.3, 0.4) is 0 Å². The number of nitrogens with one attached hydrogen (secondary N) is 1. The molecule has 0 aliphatic rings. The van der Waals surface area contributed by atoms with Crippen LogP contribution in [0.4, 0.5) is 0 Å². The van der Waals surface area contributed by atoms with Crippen LogP contribution in [0.25, 0.3) is 0 Å². The summed E-state index contributed by atoms with van der Waals surface area (Å²) < 4.78 is 7.11. The molecule has 98 valence electrons. The second-order valence-corrected chi connectivity index (χ2v) is 4.42. The Morgan fingerprint density at radius 3 is 2.88 bits per heavy atom. The van der Waals surface area contributed by atoms with E-state index in [4.69, 9.17) is 4.74 Å². The third-order valence-electron chi connectivity index (χ3n) is 3.02. The maximum absolute atomic E-state index is 5.16. The summed E-state index contributed by atoms with van der Waals surface area (Å²) in [6.45, 7) is 4.11. The summed E-state index contributed by atoms with van der Waals surface area (Å²) >= 11 is 0. The summed E-state index contributed by atoms with van der Waals surface area (Å²) in [5, 5.41) is 7.77. The zero-order valence-corrected chi connectivity index (χ0v) is 11.3. The van der Waals surface area contributed by atoms with Crippen LogP contribution in [0, 0.1) is 0 Å². The van der Waals surface area contributed by atoms with Crippen molar-refractivity contribution in [3.8, 4) is 0 Å². The fraction of sp³-hybridized carbons (Fsp3) is 0.769. The van der Waals surface area contributed by atoms with Crippen LogP contribution in [-0.2, 0) is 18.2 Å². The van der Waals surface area contributed by atoms with Crippen LogP contribution in [-0.4, -0.2) is 36.1 Å². The van der Waals surface area contributed by atoms with Crippen LogP contribution < -0.4 is 5.32 Å². The molecule has 0 bridgehead atoms. The zero-order valence-electron chi connectivity index (χ0n) is 11.3. The van der Waals surface area contributed by atoms with Gasteiger partial charge in [0.1, 0.15) is 0 Å². The predicted molar refractivity (Wildman–Crippen MR) is 70.1 cm³/mol. The lowest BCUT2D eigenvalue weighted by Gasteiger charge is -2.18. The molecule has 0 spiro atoms. The molecule has 1 heterocycles. The molecule has 1 N–H and O–H groups in total. The molecule has 0 aromatic carbocycles. The SMILES string of the molecule is CCCNC(CCOC)CCc1ccnn1C. The van der Waals surface area contributed by atoms with Crippen LogP contribution in [0.2, 0.25) is 0 Å². The Labute approximate surface area is 104 Å². The number of aryl methyl sites for hydroxylation is 2. The van der Waals surface area contributed by atoms with Gasteiger partial charge in [-0.05, 0) is 38.3 Å². The first-order chi connectivity index (χ1) is 8.27. The molecule has 0 aliphatic heterocycles. The van der Waals surface area contributed by atoms with Gasteiger partial charge in [0.2, 0.25) is 0 Å². The van der Waals surface area contributed by atoms with Gasteiger partial charge in [-0.3, -0.25) is 4.68 Å². The lowest BCUT2D eigenvalue weighted by atomic mass is 10.1. The van der Waals surface area contributed by atoms with Crippen molar-refractivity contribution in [2.75, 3.05) is 20.3 Å². The summed E-state index contributed by atoms with van der Waals surface area (Å²) in [7, 11) is 3.76. The first-order valence-electron chi connectivity index (χ1n) is 6.47. The molecule has 0 saturated heterocycles. The van der Waals surface area contributed by atoms with Crippen LogP contribution in [0.1, 0.15) is 31.9 Å². The number of rotatable bonds is 9. The lowest BCUT2D eigenvalue weighted by molar-refractivity contribution is 0.181. The van der Waals surface area contributed by atoms with Gasteiger partial charge in [-0.2, -0.15) is 5.10 Å². The van der Waals surface area contributed by atoms with Crippen LogP contribution in [0.5, 0.6) is 0 Å². The van der Waals surface area contributed by atoms with Crippen molar-refractivity contribution >= 4 is 0 Å². The highest BCUT2D eigenvalue weighted by Crippen LogP contribution is 2.06. The van der Waals surface area contributed by atoms with Gasteiger partial charge in [0, 0.05) is 38.7 Å². The second-order valence-electron chi connectivity index (χ2n) is 4.42. The van der Waals surface area contributed by atoms with Crippen molar-refractivity contribution in [2.24, 2.45) is 7.05 Å². The van der Waals surface area contributed by atoms with Gasteiger partial charge in [0.25, 0.3) is 0 Å². The van der Waals surface area contributed by atoms with Gasteiger partial charge in [-0.1, -0.05) is 6.92 Å². The Morgan fingerprint density at radius 1 is 1.47 bits per heavy atom. The molecule has 1 unspecified atom stereocenters. The van der Waals surface area contributed by atoms with Crippen molar-refractivity contribution < 1.29 is 4.74 Å². The number of hydrogen-bond donors (Lipinski definition) is 1. The summed E-state index contributed by atoms with van der Waals surface area (Å²) in [6.07, 6.45) is 6.33. The summed E-state index contributed by atoms with van der Waals surface area (Å²) in [6, 6.07) is 2.64. The van der Waals surface area contributed by atoms with E-state index in [0.717, 1.165) is 32.4 Å². The molecule has 0 radical (unpaired) electrons. The molecule has 1 atom stereocenters. The Morgan fingerprint density at radius 2 is 2.29 bits per heavy atom. The van der Waals surface area contributed by atoms with Crippen LogP contribution >= 0.6 is 0 Å². The number of methoxy groups -OCH3 is 1. The zero-order chi connectivity index (χ0) is 12.5. The predicted octanol–water partition coefficient (Wildman–Crippen LogP) is 1.76. The Hall–Kier alpha value is -0.870. The van der Waals surface area contributed by atoms with Gasteiger partial charge < -0.3 is 10.1 Å². The van der Waals surface area contributed by atoms with E-state index in [9.17, 15) is 0 Å². The number of nitrogens with zero attached hydrogens (tertiary/aromatic N) is 2. The molecule has 0 amide bonds.